The van der Waals surface area contributed by atoms with Crippen LogP contribution in [0.4, 0.5) is 16.3 Å². The molecule has 0 saturated heterocycles. The van der Waals surface area contributed by atoms with Crippen LogP contribution in [0.5, 0.6) is 0 Å². The molecule has 1 aromatic heterocycles. The molecule has 0 aliphatic carbocycles. The van der Waals surface area contributed by atoms with Crippen molar-refractivity contribution < 1.29 is 14.7 Å². The summed E-state index contributed by atoms with van der Waals surface area (Å²) in [5.74, 6) is -0.744. The van der Waals surface area contributed by atoms with Crippen molar-refractivity contribution in [1.82, 2.24) is 9.78 Å². The van der Waals surface area contributed by atoms with Crippen molar-refractivity contribution in [3.63, 3.8) is 0 Å². The van der Waals surface area contributed by atoms with E-state index in [2.05, 4.69) is 31.4 Å². The molecule has 35 heavy (non-hydrogen) atoms. The van der Waals surface area contributed by atoms with Gasteiger partial charge in [0.15, 0.2) is 0 Å². The van der Waals surface area contributed by atoms with E-state index >= 15 is 0 Å². The van der Waals surface area contributed by atoms with E-state index in [-0.39, 0.29) is 11.4 Å². The minimum absolute atomic E-state index is 0.218. The number of anilines is 2. The van der Waals surface area contributed by atoms with Gasteiger partial charge < -0.3 is 10.4 Å². The van der Waals surface area contributed by atoms with E-state index in [1.54, 1.807) is 11.6 Å². The van der Waals surface area contributed by atoms with Crippen molar-refractivity contribution in [3.8, 4) is 5.69 Å². The first-order valence-electron chi connectivity index (χ1n) is 11.6. The van der Waals surface area contributed by atoms with Crippen LogP contribution >= 0.6 is 0 Å². The lowest BCUT2D eigenvalue weighted by atomic mass is 9.92. The van der Waals surface area contributed by atoms with Crippen molar-refractivity contribution >= 4 is 34.3 Å². The van der Waals surface area contributed by atoms with Crippen molar-refractivity contribution in [3.05, 3.63) is 84.1 Å². The molecule has 7 nitrogen and oxygen atoms in total. The molecule has 4 rings (SSSR count). The molecular weight excluding hydrogens is 440 g/mol. The number of rotatable bonds is 6. The maximum atomic E-state index is 13.0. The zero-order chi connectivity index (χ0) is 25.2. The number of aliphatic carboxylic acids is 1. The van der Waals surface area contributed by atoms with E-state index < -0.39 is 11.9 Å². The fraction of sp³-hybridized carbons (Fsp3) is 0.250. The number of urea groups is 1. The first-order valence-corrected chi connectivity index (χ1v) is 11.6. The van der Waals surface area contributed by atoms with E-state index in [0.717, 1.165) is 33.4 Å². The summed E-state index contributed by atoms with van der Waals surface area (Å²) in [7, 11) is 0. The van der Waals surface area contributed by atoms with Gasteiger partial charge in [0.1, 0.15) is 5.82 Å². The third kappa shape index (κ3) is 5.51. The van der Waals surface area contributed by atoms with Crippen LogP contribution in [0.3, 0.4) is 0 Å². The number of hydrogen-bond acceptors (Lipinski definition) is 3. The minimum Gasteiger partial charge on any atom is -0.481 e. The lowest BCUT2D eigenvalue weighted by Crippen LogP contribution is -2.21. The van der Waals surface area contributed by atoms with Crippen LogP contribution in [0.1, 0.15) is 39.0 Å². The lowest BCUT2D eigenvalue weighted by molar-refractivity contribution is -0.141. The number of benzene rings is 3. The van der Waals surface area contributed by atoms with E-state index in [1.165, 1.54) is 0 Å². The first-order chi connectivity index (χ1) is 16.6. The quantitative estimate of drug-likeness (QED) is 0.311. The number of carboxylic acids is 1. The fourth-order valence-corrected chi connectivity index (χ4v) is 3.85. The summed E-state index contributed by atoms with van der Waals surface area (Å²) in [6.45, 7) is 7.89. The zero-order valence-corrected chi connectivity index (χ0v) is 20.4. The largest absolute Gasteiger partial charge is 0.481 e. The number of nitrogens with zero attached hydrogens (tertiary/aromatic N) is 2. The number of carbonyl (C=O) groups is 2. The first kappa shape index (κ1) is 24.0. The van der Waals surface area contributed by atoms with Gasteiger partial charge >= 0.3 is 12.0 Å². The summed E-state index contributed by atoms with van der Waals surface area (Å²) >= 11 is 0. The molecule has 0 saturated carbocycles. The Kier molecular flexibility index (Phi) is 6.60. The number of nitrogens with one attached hydrogen (secondary N) is 2. The van der Waals surface area contributed by atoms with Crippen LogP contribution in [0.2, 0.25) is 0 Å². The Hall–Kier alpha value is -4.13. The Morgan fingerprint density at radius 2 is 1.66 bits per heavy atom. The average molecular weight is 471 g/mol. The van der Waals surface area contributed by atoms with E-state index in [4.69, 9.17) is 5.10 Å². The highest BCUT2D eigenvalue weighted by atomic mass is 16.4. The molecule has 0 radical (unpaired) electrons. The molecule has 180 valence electrons. The zero-order valence-electron chi connectivity index (χ0n) is 20.4. The van der Waals surface area contributed by atoms with Gasteiger partial charge in [-0.2, -0.15) is 5.10 Å². The normalized spacial score (nSPS) is 12.3. The molecule has 1 unspecified atom stereocenters. The van der Waals surface area contributed by atoms with Crippen molar-refractivity contribution in [2.75, 3.05) is 10.6 Å². The highest BCUT2D eigenvalue weighted by molar-refractivity contribution is 6.06. The lowest BCUT2D eigenvalue weighted by Gasteiger charge is -2.14. The van der Waals surface area contributed by atoms with Crippen LogP contribution in [0.15, 0.2) is 72.8 Å². The molecule has 1 heterocycles. The Morgan fingerprint density at radius 3 is 2.34 bits per heavy atom. The number of carboxylic acid groups (broad SMARTS) is 1. The van der Waals surface area contributed by atoms with E-state index in [9.17, 15) is 14.7 Å². The van der Waals surface area contributed by atoms with E-state index in [1.807, 2.05) is 72.8 Å². The maximum absolute atomic E-state index is 13.0. The predicted octanol–water partition coefficient (Wildman–Crippen LogP) is 6.23. The number of hydrogen-bond donors (Lipinski definition) is 3. The van der Waals surface area contributed by atoms with Gasteiger partial charge in [0.2, 0.25) is 0 Å². The Balaban J connectivity index is 1.60. The van der Waals surface area contributed by atoms with Crippen LogP contribution in [0.25, 0.3) is 16.5 Å². The molecule has 0 aliphatic rings. The Labute approximate surface area is 204 Å². The molecule has 3 N–H and O–H groups in total. The molecule has 0 fully saturated rings. The van der Waals surface area contributed by atoms with Gasteiger partial charge in [0, 0.05) is 16.9 Å². The van der Waals surface area contributed by atoms with Crippen molar-refractivity contribution in [2.24, 2.45) is 5.92 Å². The third-order valence-electron chi connectivity index (χ3n) is 5.90. The summed E-state index contributed by atoms with van der Waals surface area (Å²) < 4.78 is 1.70. The molecule has 7 heteroatoms. The maximum Gasteiger partial charge on any atom is 0.324 e. The molecule has 2 amide bonds. The molecule has 3 aromatic carbocycles. The monoisotopic (exact) mass is 470 g/mol. The smallest absolute Gasteiger partial charge is 0.324 e. The summed E-state index contributed by atoms with van der Waals surface area (Å²) in [5.41, 5.74) is 3.04. The molecule has 0 spiro atoms. The van der Waals surface area contributed by atoms with Gasteiger partial charge in [0.05, 0.1) is 23.0 Å². The van der Waals surface area contributed by atoms with Crippen LogP contribution in [0, 0.1) is 5.92 Å². The van der Waals surface area contributed by atoms with Crippen LogP contribution in [-0.2, 0) is 16.6 Å². The van der Waals surface area contributed by atoms with Gasteiger partial charge in [-0.25, -0.2) is 9.48 Å². The predicted molar refractivity (Wildman–Crippen MR) is 139 cm³/mol. The second-order valence-corrected chi connectivity index (χ2v) is 9.79. The number of fused-ring (bicyclic) bond motifs is 1. The van der Waals surface area contributed by atoms with Gasteiger partial charge in [-0.1, -0.05) is 76.2 Å². The molecule has 0 bridgehead atoms. The van der Waals surface area contributed by atoms with E-state index in [0.29, 0.717) is 12.2 Å². The number of aromatic nitrogens is 2. The van der Waals surface area contributed by atoms with Crippen molar-refractivity contribution in [1.29, 1.82) is 0 Å². The molecule has 1 atom stereocenters. The topological polar surface area (TPSA) is 96.3 Å². The number of amides is 2. The Morgan fingerprint density at radius 1 is 0.971 bits per heavy atom. The van der Waals surface area contributed by atoms with Gasteiger partial charge in [-0.3, -0.25) is 10.1 Å². The standard InChI is InChI=1S/C28H30N4O3/c1-18(26(33)34)16-19-12-14-21(15-13-19)32-25(17-24(31-32)28(2,3)4)30-27(35)29-23-11-7-9-20-8-5-6-10-22(20)23/h5-15,17-18H,16H2,1-4H3,(H,33,34)(H2,29,30,35). The second-order valence-electron chi connectivity index (χ2n) is 9.79. The summed E-state index contributed by atoms with van der Waals surface area (Å²) in [5, 5.41) is 21.8. The van der Waals surface area contributed by atoms with Crippen LogP contribution in [-0.4, -0.2) is 26.9 Å². The fourth-order valence-electron chi connectivity index (χ4n) is 3.85. The summed E-state index contributed by atoms with van der Waals surface area (Å²) in [6.07, 6.45) is 0.445. The third-order valence-corrected chi connectivity index (χ3v) is 5.90. The SMILES string of the molecule is CC(Cc1ccc(-n2nc(C(C)(C)C)cc2NC(=O)Nc2cccc3ccccc23)cc1)C(=O)O. The second kappa shape index (κ2) is 9.62. The molecular formula is C28H30N4O3. The summed E-state index contributed by atoms with van der Waals surface area (Å²) in [6, 6.07) is 22.7. The number of carbonyl (C=O) groups excluding carboxylic acids is 1. The highest BCUT2D eigenvalue weighted by Gasteiger charge is 2.22. The highest BCUT2D eigenvalue weighted by Crippen LogP contribution is 2.28. The van der Waals surface area contributed by atoms with Gasteiger partial charge in [-0.05, 0) is 35.6 Å². The van der Waals surface area contributed by atoms with Crippen LogP contribution < -0.4 is 10.6 Å². The average Bonchev–Trinajstić information content (AvgIpc) is 3.24. The van der Waals surface area contributed by atoms with Gasteiger partial charge in [0.25, 0.3) is 0 Å². The molecule has 4 aromatic rings. The van der Waals surface area contributed by atoms with Crippen molar-refractivity contribution in [2.45, 2.75) is 39.5 Å². The minimum atomic E-state index is -0.820. The molecule has 0 aliphatic heterocycles. The summed E-state index contributed by atoms with van der Waals surface area (Å²) in [4.78, 5) is 24.2. The Bertz CT molecular complexity index is 1360. The van der Waals surface area contributed by atoms with Gasteiger partial charge in [-0.15, -0.1) is 0 Å².